The van der Waals surface area contributed by atoms with Crippen LogP contribution in [-0.4, -0.2) is 54.3 Å². The zero-order valence-corrected chi connectivity index (χ0v) is 12.7. The van der Waals surface area contributed by atoms with Crippen LogP contribution in [0.4, 0.5) is 0 Å². The molecule has 0 saturated carbocycles. The smallest absolute Gasteiger partial charge is 0.334 e. The predicted molar refractivity (Wildman–Crippen MR) is 79.9 cm³/mol. The zero-order valence-electron chi connectivity index (χ0n) is 12.7. The number of rotatable bonds is 6. The second-order valence-electron chi connectivity index (χ2n) is 5.08. The van der Waals surface area contributed by atoms with Gasteiger partial charge in [-0.3, -0.25) is 4.79 Å². The van der Waals surface area contributed by atoms with E-state index in [1.165, 1.54) is 0 Å². The van der Waals surface area contributed by atoms with Crippen molar-refractivity contribution in [3.05, 3.63) is 29.8 Å². The molecule has 22 heavy (non-hydrogen) atoms. The second kappa shape index (κ2) is 7.79. The van der Waals surface area contributed by atoms with Crippen LogP contribution in [0, 0.1) is 0 Å². The molecule has 0 aromatic heterocycles. The van der Waals surface area contributed by atoms with Gasteiger partial charge < -0.3 is 19.5 Å². The standard InChI is InChI=1S/C16H21NO5/c1-2-21-13-6-4-3-5-12(13)7-8-15(18)17-9-10-22-14(11-17)16(19)20/h3-6,14H,2,7-11H2,1H3,(H,19,20)/t14-/m1/s1. The Kier molecular flexibility index (Phi) is 5.77. The summed E-state index contributed by atoms with van der Waals surface area (Å²) in [5.41, 5.74) is 0.987. The summed E-state index contributed by atoms with van der Waals surface area (Å²) in [6.45, 7) is 3.31. The van der Waals surface area contributed by atoms with Gasteiger partial charge in [0.15, 0.2) is 6.10 Å². The van der Waals surface area contributed by atoms with Crippen LogP contribution in [0.25, 0.3) is 0 Å². The molecule has 1 aromatic rings. The summed E-state index contributed by atoms with van der Waals surface area (Å²) in [6, 6.07) is 7.64. The summed E-state index contributed by atoms with van der Waals surface area (Å²) in [7, 11) is 0. The third-order valence-corrected chi connectivity index (χ3v) is 3.58. The number of nitrogens with zero attached hydrogens (tertiary/aromatic N) is 1. The Morgan fingerprint density at radius 3 is 2.91 bits per heavy atom. The summed E-state index contributed by atoms with van der Waals surface area (Å²) in [4.78, 5) is 24.7. The molecular weight excluding hydrogens is 286 g/mol. The number of hydrogen-bond acceptors (Lipinski definition) is 4. The first-order chi connectivity index (χ1) is 10.6. The molecule has 0 unspecified atom stereocenters. The molecule has 1 N–H and O–H groups in total. The first kappa shape index (κ1) is 16.3. The quantitative estimate of drug-likeness (QED) is 0.858. The number of carboxylic acids is 1. The minimum Gasteiger partial charge on any atom is -0.494 e. The van der Waals surface area contributed by atoms with Crippen molar-refractivity contribution in [2.45, 2.75) is 25.9 Å². The fraction of sp³-hybridized carbons (Fsp3) is 0.500. The van der Waals surface area contributed by atoms with Gasteiger partial charge in [-0.05, 0) is 25.0 Å². The molecule has 0 spiro atoms. The van der Waals surface area contributed by atoms with E-state index in [0.29, 0.717) is 26.0 Å². The Morgan fingerprint density at radius 1 is 1.41 bits per heavy atom. The molecule has 1 atom stereocenters. The molecule has 0 aliphatic carbocycles. The molecule has 1 amide bonds. The van der Waals surface area contributed by atoms with E-state index in [1.54, 1.807) is 4.90 Å². The first-order valence-corrected chi connectivity index (χ1v) is 7.44. The lowest BCUT2D eigenvalue weighted by Crippen LogP contribution is -2.48. The number of amides is 1. The van der Waals surface area contributed by atoms with Gasteiger partial charge in [0.1, 0.15) is 5.75 Å². The normalized spacial score (nSPS) is 18.0. The largest absolute Gasteiger partial charge is 0.494 e. The van der Waals surface area contributed by atoms with Gasteiger partial charge in [-0.1, -0.05) is 18.2 Å². The van der Waals surface area contributed by atoms with Crippen LogP contribution in [0.2, 0.25) is 0 Å². The highest BCUT2D eigenvalue weighted by molar-refractivity contribution is 5.79. The zero-order chi connectivity index (χ0) is 15.9. The van der Waals surface area contributed by atoms with E-state index in [1.807, 2.05) is 31.2 Å². The number of benzene rings is 1. The van der Waals surface area contributed by atoms with Crippen LogP contribution in [0.5, 0.6) is 5.75 Å². The highest BCUT2D eigenvalue weighted by atomic mass is 16.5. The van der Waals surface area contributed by atoms with Gasteiger partial charge in [0.2, 0.25) is 5.91 Å². The number of aryl methyl sites for hydroxylation is 1. The summed E-state index contributed by atoms with van der Waals surface area (Å²) >= 11 is 0. The Balaban J connectivity index is 1.91. The second-order valence-corrected chi connectivity index (χ2v) is 5.08. The van der Waals surface area contributed by atoms with E-state index in [0.717, 1.165) is 11.3 Å². The van der Waals surface area contributed by atoms with Gasteiger partial charge in [-0.2, -0.15) is 0 Å². The van der Waals surface area contributed by atoms with Crippen molar-refractivity contribution in [2.75, 3.05) is 26.3 Å². The molecule has 1 saturated heterocycles. The lowest BCUT2D eigenvalue weighted by Gasteiger charge is -2.31. The molecule has 6 nitrogen and oxygen atoms in total. The molecule has 120 valence electrons. The van der Waals surface area contributed by atoms with Crippen LogP contribution < -0.4 is 4.74 Å². The molecular formula is C16H21NO5. The summed E-state index contributed by atoms with van der Waals surface area (Å²) in [6.07, 6.45) is -0.0195. The summed E-state index contributed by atoms with van der Waals surface area (Å²) < 4.78 is 10.7. The predicted octanol–water partition coefficient (Wildman–Crippen LogP) is 1.33. The maximum atomic E-state index is 12.2. The van der Waals surface area contributed by atoms with Crippen LogP contribution in [-0.2, 0) is 20.7 Å². The molecule has 6 heteroatoms. The fourth-order valence-corrected chi connectivity index (χ4v) is 2.43. The Hall–Kier alpha value is -2.08. The fourth-order valence-electron chi connectivity index (χ4n) is 2.43. The number of hydrogen-bond donors (Lipinski definition) is 1. The van der Waals surface area contributed by atoms with Gasteiger partial charge in [0.25, 0.3) is 0 Å². The van der Waals surface area contributed by atoms with E-state index in [-0.39, 0.29) is 19.1 Å². The van der Waals surface area contributed by atoms with Crippen LogP contribution >= 0.6 is 0 Å². The number of para-hydroxylation sites is 1. The summed E-state index contributed by atoms with van der Waals surface area (Å²) in [5, 5.41) is 8.96. The molecule has 0 bridgehead atoms. The number of aliphatic carboxylic acids is 1. The topological polar surface area (TPSA) is 76.1 Å². The average Bonchev–Trinajstić information content (AvgIpc) is 2.54. The molecule has 2 rings (SSSR count). The van der Waals surface area contributed by atoms with Crippen molar-refractivity contribution in [2.24, 2.45) is 0 Å². The van der Waals surface area contributed by atoms with Crippen LogP contribution in [0.15, 0.2) is 24.3 Å². The molecule has 1 heterocycles. The third kappa shape index (κ3) is 4.21. The number of carboxylic acid groups (broad SMARTS) is 1. The maximum Gasteiger partial charge on any atom is 0.334 e. The van der Waals surface area contributed by atoms with E-state index in [4.69, 9.17) is 14.6 Å². The van der Waals surface area contributed by atoms with Gasteiger partial charge in [-0.15, -0.1) is 0 Å². The van der Waals surface area contributed by atoms with Crippen molar-refractivity contribution < 1.29 is 24.2 Å². The van der Waals surface area contributed by atoms with Gasteiger partial charge in [-0.25, -0.2) is 4.79 Å². The Bertz CT molecular complexity index is 531. The third-order valence-electron chi connectivity index (χ3n) is 3.58. The van der Waals surface area contributed by atoms with E-state index < -0.39 is 12.1 Å². The minimum absolute atomic E-state index is 0.0548. The molecule has 1 aromatic carbocycles. The lowest BCUT2D eigenvalue weighted by molar-refractivity contribution is -0.159. The molecule has 0 radical (unpaired) electrons. The number of carbonyl (C=O) groups is 2. The number of morpholine rings is 1. The van der Waals surface area contributed by atoms with Crippen molar-refractivity contribution in [1.29, 1.82) is 0 Å². The number of carbonyl (C=O) groups excluding carboxylic acids is 1. The van der Waals surface area contributed by atoms with Gasteiger partial charge >= 0.3 is 5.97 Å². The Labute approximate surface area is 129 Å². The van der Waals surface area contributed by atoms with Crippen LogP contribution in [0.3, 0.4) is 0 Å². The highest BCUT2D eigenvalue weighted by Crippen LogP contribution is 2.20. The monoisotopic (exact) mass is 307 g/mol. The molecule has 1 fully saturated rings. The van der Waals surface area contributed by atoms with E-state index >= 15 is 0 Å². The van der Waals surface area contributed by atoms with Crippen molar-refractivity contribution in [3.63, 3.8) is 0 Å². The van der Waals surface area contributed by atoms with Crippen LogP contribution in [0.1, 0.15) is 18.9 Å². The highest BCUT2D eigenvalue weighted by Gasteiger charge is 2.28. The van der Waals surface area contributed by atoms with Gasteiger partial charge in [0.05, 0.1) is 19.8 Å². The lowest BCUT2D eigenvalue weighted by atomic mass is 10.1. The van der Waals surface area contributed by atoms with E-state index in [2.05, 4.69) is 0 Å². The first-order valence-electron chi connectivity index (χ1n) is 7.44. The van der Waals surface area contributed by atoms with Crippen molar-refractivity contribution >= 4 is 11.9 Å². The van der Waals surface area contributed by atoms with Crippen molar-refractivity contribution in [1.82, 2.24) is 4.90 Å². The molecule has 1 aliphatic rings. The average molecular weight is 307 g/mol. The SMILES string of the molecule is CCOc1ccccc1CCC(=O)N1CCO[C@@H](C(=O)O)C1. The van der Waals surface area contributed by atoms with Crippen molar-refractivity contribution in [3.8, 4) is 5.75 Å². The van der Waals surface area contributed by atoms with E-state index in [9.17, 15) is 9.59 Å². The Morgan fingerprint density at radius 2 is 2.18 bits per heavy atom. The maximum absolute atomic E-state index is 12.2. The number of ether oxygens (including phenoxy) is 2. The van der Waals surface area contributed by atoms with Gasteiger partial charge in [0, 0.05) is 13.0 Å². The minimum atomic E-state index is -1.03. The molecule has 1 aliphatic heterocycles. The summed E-state index contributed by atoms with van der Waals surface area (Å²) in [5.74, 6) is -0.289.